The van der Waals surface area contributed by atoms with Crippen LogP contribution in [0.1, 0.15) is 37.3 Å². The van der Waals surface area contributed by atoms with E-state index in [1.54, 1.807) is 4.57 Å². The van der Waals surface area contributed by atoms with E-state index in [4.69, 9.17) is 23.8 Å². The highest BCUT2D eigenvalue weighted by Gasteiger charge is 2.18. The van der Waals surface area contributed by atoms with Crippen molar-refractivity contribution in [1.82, 2.24) is 19.7 Å². The van der Waals surface area contributed by atoms with E-state index in [2.05, 4.69) is 17.1 Å². The highest BCUT2D eigenvalue weighted by atomic mass is 35.5. The molecule has 0 unspecified atom stereocenters. The van der Waals surface area contributed by atoms with Crippen molar-refractivity contribution in [2.24, 2.45) is 0 Å². The van der Waals surface area contributed by atoms with Crippen LogP contribution in [-0.4, -0.2) is 32.1 Å². The number of halogens is 1. The van der Waals surface area contributed by atoms with Gasteiger partial charge in [-0.05, 0) is 49.3 Å². The molecule has 0 saturated carbocycles. The molecule has 3 aromatic rings. The average molecular weight is 443 g/mol. The van der Waals surface area contributed by atoms with Crippen molar-refractivity contribution in [1.29, 1.82) is 0 Å². The monoisotopic (exact) mass is 442 g/mol. The number of amides is 1. The van der Waals surface area contributed by atoms with Gasteiger partial charge in [0.25, 0.3) is 0 Å². The summed E-state index contributed by atoms with van der Waals surface area (Å²) in [6.45, 7) is 5.59. The van der Waals surface area contributed by atoms with E-state index in [-0.39, 0.29) is 12.5 Å². The average Bonchev–Trinajstić information content (AvgIpc) is 3.09. The second-order valence-electron chi connectivity index (χ2n) is 7.46. The number of carbonyl (C=O) groups is 1. The summed E-state index contributed by atoms with van der Waals surface area (Å²) in [4.78, 5) is 15.2. The third-order valence-corrected chi connectivity index (χ3v) is 5.56. The molecule has 7 heteroatoms. The minimum atomic E-state index is 0.0208. The number of aromatic nitrogens is 3. The summed E-state index contributed by atoms with van der Waals surface area (Å²) in [6, 6.07) is 15.7. The quantitative estimate of drug-likeness (QED) is 0.337. The number of H-pyrrole nitrogens is 1. The molecule has 5 nitrogen and oxygen atoms in total. The zero-order chi connectivity index (χ0) is 21.5. The third-order valence-electron chi connectivity index (χ3n) is 5.00. The maximum atomic E-state index is 13.3. The molecule has 3 rings (SSSR count). The van der Waals surface area contributed by atoms with Gasteiger partial charge in [-0.25, -0.2) is 0 Å². The summed E-state index contributed by atoms with van der Waals surface area (Å²) in [5.74, 6) is 0.699. The van der Waals surface area contributed by atoms with Crippen LogP contribution in [0.2, 0.25) is 5.02 Å². The molecule has 158 valence electrons. The number of aryl methyl sites for hydroxylation is 1. The number of nitrogens with one attached hydrogen (secondary N) is 1. The summed E-state index contributed by atoms with van der Waals surface area (Å²) < 4.78 is 2.22. The Balaban J connectivity index is 1.82. The van der Waals surface area contributed by atoms with Gasteiger partial charge in [0.2, 0.25) is 5.91 Å². The Morgan fingerprint density at radius 3 is 2.67 bits per heavy atom. The number of hydrogen-bond acceptors (Lipinski definition) is 3. The van der Waals surface area contributed by atoms with Gasteiger partial charge in [-0.2, -0.15) is 5.10 Å². The largest absolute Gasteiger partial charge is 0.337 e. The first kappa shape index (κ1) is 22.2. The van der Waals surface area contributed by atoms with Gasteiger partial charge in [-0.3, -0.25) is 14.5 Å². The zero-order valence-corrected chi connectivity index (χ0v) is 19.0. The molecule has 1 N–H and O–H groups in total. The third kappa shape index (κ3) is 5.80. The zero-order valence-electron chi connectivity index (χ0n) is 17.4. The lowest BCUT2D eigenvalue weighted by molar-refractivity contribution is -0.132. The van der Waals surface area contributed by atoms with Crippen LogP contribution < -0.4 is 0 Å². The molecule has 0 radical (unpaired) electrons. The van der Waals surface area contributed by atoms with Crippen molar-refractivity contribution in [2.75, 3.05) is 6.54 Å². The van der Waals surface area contributed by atoms with Crippen LogP contribution in [0.25, 0.3) is 11.4 Å². The Morgan fingerprint density at radius 2 is 1.97 bits per heavy atom. The molecule has 30 heavy (non-hydrogen) atoms. The maximum Gasteiger partial charge on any atom is 0.242 e. The minimum absolute atomic E-state index is 0.0208. The van der Waals surface area contributed by atoms with Crippen molar-refractivity contribution in [2.45, 2.75) is 46.2 Å². The van der Waals surface area contributed by atoms with E-state index >= 15 is 0 Å². The van der Waals surface area contributed by atoms with Gasteiger partial charge in [0, 0.05) is 23.7 Å². The molecule has 1 aromatic heterocycles. The number of benzene rings is 2. The molecule has 0 fully saturated rings. The number of unbranched alkanes of at least 4 members (excludes halogenated alkanes) is 2. The Bertz CT molecular complexity index is 1040. The number of aromatic amines is 1. The molecule has 1 amide bonds. The molecule has 0 atom stereocenters. The summed E-state index contributed by atoms with van der Waals surface area (Å²) in [7, 11) is 0. The fourth-order valence-corrected chi connectivity index (χ4v) is 3.68. The molecular formula is C23H27ClN4OS. The van der Waals surface area contributed by atoms with Crippen LogP contribution in [0, 0.1) is 11.7 Å². The minimum Gasteiger partial charge on any atom is -0.337 e. The molecule has 0 aliphatic heterocycles. The highest BCUT2D eigenvalue weighted by molar-refractivity contribution is 7.71. The van der Waals surface area contributed by atoms with Crippen LogP contribution in [0.4, 0.5) is 0 Å². The normalized spacial score (nSPS) is 10.9. The molecule has 0 spiro atoms. The van der Waals surface area contributed by atoms with E-state index in [0.29, 0.717) is 28.7 Å². The van der Waals surface area contributed by atoms with Gasteiger partial charge < -0.3 is 4.90 Å². The Morgan fingerprint density at radius 1 is 1.20 bits per heavy atom. The van der Waals surface area contributed by atoms with Crippen molar-refractivity contribution in [3.63, 3.8) is 0 Å². The summed E-state index contributed by atoms with van der Waals surface area (Å²) >= 11 is 11.4. The maximum absolute atomic E-state index is 13.3. The summed E-state index contributed by atoms with van der Waals surface area (Å²) in [5, 5.41) is 7.90. The predicted octanol–water partition coefficient (Wildman–Crippen LogP) is 5.79. The SMILES string of the molecule is CCCCCN(Cc1ccc(Cl)cc1)C(=O)Cn1c(-c2cccc(C)c2)n[nH]c1=S. The van der Waals surface area contributed by atoms with E-state index in [1.165, 1.54) is 0 Å². The Labute approximate surface area is 187 Å². The van der Waals surface area contributed by atoms with Gasteiger partial charge in [-0.1, -0.05) is 67.3 Å². The van der Waals surface area contributed by atoms with Crippen molar-refractivity contribution in [3.05, 3.63) is 69.5 Å². The van der Waals surface area contributed by atoms with E-state index < -0.39 is 0 Å². The topological polar surface area (TPSA) is 53.9 Å². The van der Waals surface area contributed by atoms with Crippen LogP contribution in [0.5, 0.6) is 0 Å². The van der Waals surface area contributed by atoms with Gasteiger partial charge >= 0.3 is 0 Å². The van der Waals surface area contributed by atoms with Crippen molar-refractivity contribution in [3.8, 4) is 11.4 Å². The fraction of sp³-hybridized carbons (Fsp3) is 0.348. The second kappa shape index (κ2) is 10.5. The molecule has 0 saturated heterocycles. The van der Waals surface area contributed by atoms with Gasteiger partial charge in [-0.15, -0.1) is 0 Å². The molecule has 2 aromatic carbocycles. The Kier molecular flexibility index (Phi) is 7.82. The van der Waals surface area contributed by atoms with Gasteiger partial charge in [0.15, 0.2) is 10.6 Å². The smallest absolute Gasteiger partial charge is 0.242 e. The lowest BCUT2D eigenvalue weighted by Gasteiger charge is -2.23. The first-order valence-corrected chi connectivity index (χ1v) is 11.0. The van der Waals surface area contributed by atoms with Crippen molar-refractivity contribution < 1.29 is 4.79 Å². The van der Waals surface area contributed by atoms with Gasteiger partial charge in [0.05, 0.1) is 0 Å². The number of carbonyl (C=O) groups excluding carboxylic acids is 1. The molecule has 0 bridgehead atoms. The number of nitrogens with zero attached hydrogens (tertiary/aromatic N) is 3. The molecule has 0 aliphatic carbocycles. The lowest BCUT2D eigenvalue weighted by Crippen LogP contribution is -2.34. The first-order valence-electron chi connectivity index (χ1n) is 10.2. The predicted molar refractivity (Wildman–Crippen MR) is 124 cm³/mol. The number of hydrogen-bond donors (Lipinski definition) is 1. The Hall–Kier alpha value is -2.44. The van der Waals surface area contributed by atoms with E-state index in [0.717, 1.165) is 36.0 Å². The molecule has 0 aliphatic rings. The second-order valence-corrected chi connectivity index (χ2v) is 8.28. The lowest BCUT2D eigenvalue weighted by atomic mass is 10.1. The van der Waals surface area contributed by atoms with Crippen molar-refractivity contribution >= 4 is 29.7 Å². The standard InChI is InChI=1S/C23H27ClN4OS/c1-3-4-5-13-27(15-18-9-11-20(24)12-10-18)21(29)16-28-22(25-26-23(28)30)19-8-6-7-17(2)14-19/h6-12,14H,3-5,13,15-16H2,1-2H3,(H,26,30). The summed E-state index contributed by atoms with van der Waals surface area (Å²) in [5.41, 5.74) is 3.12. The van der Waals surface area contributed by atoms with Crippen LogP contribution >= 0.6 is 23.8 Å². The number of rotatable bonds is 9. The van der Waals surface area contributed by atoms with Gasteiger partial charge in [0.1, 0.15) is 6.54 Å². The summed E-state index contributed by atoms with van der Waals surface area (Å²) in [6.07, 6.45) is 3.16. The van der Waals surface area contributed by atoms with E-state index in [9.17, 15) is 4.79 Å². The molecule has 1 heterocycles. The van der Waals surface area contributed by atoms with Crippen LogP contribution in [0.15, 0.2) is 48.5 Å². The van der Waals surface area contributed by atoms with E-state index in [1.807, 2.05) is 60.4 Å². The highest BCUT2D eigenvalue weighted by Crippen LogP contribution is 2.19. The van der Waals surface area contributed by atoms with Crippen LogP contribution in [0.3, 0.4) is 0 Å². The molecular weight excluding hydrogens is 416 g/mol. The van der Waals surface area contributed by atoms with Crippen LogP contribution in [-0.2, 0) is 17.9 Å². The first-order chi connectivity index (χ1) is 14.5. The fourth-order valence-electron chi connectivity index (χ4n) is 3.36.